The van der Waals surface area contributed by atoms with E-state index in [0.717, 1.165) is 34.3 Å². The number of ether oxygens (including phenoxy) is 2. The van der Waals surface area contributed by atoms with Gasteiger partial charge in [0.2, 0.25) is 22.7 Å². The van der Waals surface area contributed by atoms with Crippen LogP contribution in [0.3, 0.4) is 0 Å². The van der Waals surface area contributed by atoms with Gasteiger partial charge in [-0.15, -0.1) is 0 Å². The number of carbonyl (C=O) groups is 1. The summed E-state index contributed by atoms with van der Waals surface area (Å²) in [5.41, 5.74) is 0.579. The number of amides is 1. The van der Waals surface area contributed by atoms with Crippen LogP contribution in [0.5, 0.6) is 11.5 Å². The van der Waals surface area contributed by atoms with E-state index >= 15 is 0 Å². The maximum absolute atomic E-state index is 13.6. The second kappa shape index (κ2) is 7.63. The lowest BCUT2D eigenvalue weighted by atomic mass is 10.2. The minimum absolute atomic E-state index is 0.120. The average Bonchev–Trinajstić information content (AvgIpc) is 3.09. The number of benzene rings is 2. The van der Waals surface area contributed by atoms with Crippen molar-refractivity contribution in [1.29, 1.82) is 0 Å². The van der Waals surface area contributed by atoms with Gasteiger partial charge in [0.25, 0.3) is 0 Å². The molecule has 0 spiro atoms. The van der Waals surface area contributed by atoms with Crippen molar-refractivity contribution in [3.05, 3.63) is 53.6 Å². The Morgan fingerprint density at radius 1 is 1.14 bits per heavy atom. The van der Waals surface area contributed by atoms with Crippen molar-refractivity contribution < 1.29 is 31.5 Å². The molecule has 0 unspecified atom stereocenters. The third-order valence-electron chi connectivity index (χ3n) is 4.15. The Morgan fingerprint density at radius 3 is 2.54 bits per heavy atom. The lowest BCUT2D eigenvalue weighted by molar-refractivity contribution is -0.122. The maximum Gasteiger partial charge on any atom is 0.243 e. The summed E-state index contributed by atoms with van der Waals surface area (Å²) in [6.45, 7) is 1.60. The molecule has 1 aliphatic rings. The number of anilines is 1. The van der Waals surface area contributed by atoms with Gasteiger partial charge in [-0.05, 0) is 36.8 Å². The summed E-state index contributed by atoms with van der Waals surface area (Å²) in [6, 6.07) is 6.60. The first kappa shape index (κ1) is 19.9. The van der Waals surface area contributed by atoms with E-state index in [9.17, 15) is 22.0 Å². The van der Waals surface area contributed by atoms with Gasteiger partial charge in [-0.25, -0.2) is 17.2 Å². The Hall–Kier alpha value is -2.88. The lowest BCUT2D eigenvalue weighted by Gasteiger charge is -2.28. The van der Waals surface area contributed by atoms with Crippen molar-refractivity contribution in [3.8, 4) is 11.5 Å². The van der Waals surface area contributed by atoms with Gasteiger partial charge in [0, 0.05) is 12.6 Å². The van der Waals surface area contributed by atoms with Crippen LogP contribution in [-0.4, -0.2) is 33.4 Å². The van der Waals surface area contributed by atoms with E-state index in [1.807, 2.05) is 0 Å². The van der Waals surface area contributed by atoms with E-state index in [1.165, 1.54) is 6.92 Å². The van der Waals surface area contributed by atoms with E-state index in [2.05, 4.69) is 5.32 Å². The second-order valence-electron chi connectivity index (χ2n) is 6.24. The van der Waals surface area contributed by atoms with Crippen LogP contribution in [0.4, 0.5) is 14.5 Å². The quantitative estimate of drug-likeness (QED) is 0.786. The largest absolute Gasteiger partial charge is 0.454 e. The lowest BCUT2D eigenvalue weighted by Crippen LogP contribution is -2.47. The number of halogens is 2. The van der Waals surface area contributed by atoms with Crippen molar-refractivity contribution in [2.45, 2.75) is 19.5 Å². The monoisotopic (exact) mass is 412 g/mol. The number of rotatable bonds is 6. The van der Waals surface area contributed by atoms with Crippen molar-refractivity contribution >= 4 is 21.6 Å². The minimum Gasteiger partial charge on any atom is -0.454 e. The van der Waals surface area contributed by atoms with E-state index < -0.39 is 33.6 Å². The summed E-state index contributed by atoms with van der Waals surface area (Å²) in [5, 5.41) is 2.63. The molecule has 28 heavy (non-hydrogen) atoms. The normalized spacial score (nSPS) is 13.9. The third kappa shape index (κ3) is 4.16. The van der Waals surface area contributed by atoms with Crippen molar-refractivity contribution in [3.63, 3.8) is 0 Å². The molecule has 0 aliphatic carbocycles. The zero-order valence-electron chi connectivity index (χ0n) is 15.1. The molecule has 1 N–H and O–H groups in total. The van der Waals surface area contributed by atoms with E-state index in [4.69, 9.17) is 9.47 Å². The first-order valence-electron chi connectivity index (χ1n) is 8.27. The predicted molar refractivity (Wildman–Crippen MR) is 97.6 cm³/mol. The summed E-state index contributed by atoms with van der Waals surface area (Å²) in [5.74, 6) is -1.77. The van der Waals surface area contributed by atoms with Crippen LogP contribution in [-0.2, 0) is 21.4 Å². The van der Waals surface area contributed by atoms with E-state index in [0.29, 0.717) is 11.5 Å². The van der Waals surface area contributed by atoms with Gasteiger partial charge in [0.1, 0.15) is 6.04 Å². The molecule has 150 valence electrons. The molecule has 0 fully saturated rings. The molecule has 2 aromatic rings. The molecule has 10 heteroatoms. The highest BCUT2D eigenvalue weighted by Gasteiger charge is 2.29. The SMILES string of the molecule is C[C@@H](C(=O)NCc1ccc2c(c1)OCO2)N(c1ccc(F)c(F)c1)S(C)(=O)=O. The topological polar surface area (TPSA) is 84.9 Å². The molecule has 1 amide bonds. The molecule has 0 bridgehead atoms. The smallest absolute Gasteiger partial charge is 0.243 e. The van der Waals surface area contributed by atoms with Crippen LogP contribution in [0, 0.1) is 11.6 Å². The maximum atomic E-state index is 13.6. The van der Waals surface area contributed by atoms with Gasteiger partial charge in [-0.2, -0.15) is 0 Å². The van der Waals surface area contributed by atoms with Crippen LogP contribution in [0.25, 0.3) is 0 Å². The fourth-order valence-corrected chi connectivity index (χ4v) is 3.99. The van der Waals surface area contributed by atoms with Crippen molar-refractivity contribution in [2.24, 2.45) is 0 Å². The van der Waals surface area contributed by atoms with Crippen LogP contribution < -0.4 is 19.1 Å². The zero-order chi connectivity index (χ0) is 20.5. The van der Waals surface area contributed by atoms with Crippen LogP contribution in [0.15, 0.2) is 36.4 Å². The highest BCUT2D eigenvalue weighted by atomic mass is 32.2. The standard InChI is InChI=1S/C18H18F2N2O5S/c1-11(22(28(2,24)25)13-4-5-14(19)15(20)8-13)18(23)21-9-12-3-6-16-17(7-12)27-10-26-16/h3-8,11H,9-10H2,1-2H3,(H,21,23)/t11-/m0/s1. The number of hydrogen-bond acceptors (Lipinski definition) is 5. The summed E-state index contributed by atoms with van der Waals surface area (Å²) in [7, 11) is -3.94. The zero-order valence-corrected chi connectivity index (χ0v) is 15.9. The Bertz CT molecular complexity index is 1010. The first-order valence-corrected chi connectivity index (χ1v) is 10.1. The Labute approximate surface area is 160 Å². The van der Waals surface area contributed by atoms with Gasteiger partial charge < -0.3 is 14.8 Å². The molecule has 0 saturated heterocycles. The number of carbonyl (C=O) groups excluding carboxylic acids is 1. The number of hydrogen-bond donors (Lipinski definition) is 1. The third-order valence-corrected chi connectivity index (χ3v) is 5.39. The Balaban J connectivity index is 1.75. The fraction of sp³-hybridized carbons (Fsp3) is 0.278. The summed E-state index contributed by atoms with van der Waals surface area (Å²) < 4.78 is 62.3. The van der Waals surface area contributed by atoms with Gasteiger partial charge in [0.15, 0.2) is 23.1 Å². The van der Waals surface area contributed by atoms with E-state index in [-0.39, 0.29) is 19.0 Å². The number of fused-ring (bicyclic) bond motifs is 1. The van der Waals surface area contributed by atoms with Gasteiger partial charge in [-0.1, -0.05) is 6.07 Å². The summed E-state index contributed by atoms with van der Waals surface area (Å²) in [6.07, 6.45) is 0.885. The summed E-state index contributed by atoms with van der Waals surface area (Å²) >= 11 is 0. The molecule has 1 heterocycles. The minimum atomic E-state index is -3.94. The van der Waals surface area contributed by atoms with Crippen molar-refractivity contribution in [2.75, 3.05) is 17.4 Å². The van der Waals surface area contributed by atoms with Crippen molar-refractivity contribution in [1.82, 2.24) is 5.32 Å². The molecule has 1 aliphatic heterocycles. The van der Waals surface area contributed by atoms with Crippen LogP contribution >= 0.6 is 0 Å². The Kier molecular flexibility index (Phi) is 5.41. The average molecular weight is 412 g/mol. The Morgan fingerprint density at radius 2 is 1.86 bits per heavy atom. The number of sulfonamides is 1. The molecule has 0 aromatic heterocycles. The van der Waals surface area contributed by atoms with E-state index in [1.54, 1.807) is 18.2 Å². The molecule has 3 rings (SSSR count). The van der Waals surface area contributed by atoms with Crippen LogP contribution in [0.1, 0.15) is 12.5 Å². The highest BCUT2D eigenvalue weighted by molar-refractivity contribution is 7.92. The number of nitrogens with one attached hydrogen (secondary N) is 1. The van der Waals surface area contributed by atoms with Crippen LogP contribution in [0.2, 0.25) is 0 Å². The fourth-order valence-electron chi connectivity index (χ4n) is 2.82. The molecule has 7 nitrogen and oxygen atoms in total. The number of nitrogens with zero attached hydrogens (tertiary/aromatic N) is 1. The second-order valence-corrected chi connectivity index (χ2v) is 8.10. The molecule has 0 radical (unpaired) electrons. The predicted octanol–water partition coefficient (Wildman–Crippen LogP) is 2.16. The van der Waals surface area contributed by atoms with Gasteiger partial charge >= 0.3 is 0 Å². The molecule has 1 atom stereocenters. The molecular weight excluding hydrogens is 394 g/mol. The molecule has 2 aromatic carbocycles. The summed E-state index contributed by atoms with van der Waals surface area (Å²) in [4.78, 5) is 12.5. The first-order chi connectivity index (χ1) is 13.2. The van der Waals surface area contributed by atoms with Gasteiger partial charge in [0.05, 0.1) is 11.9 Å². The van der Waals surface area contributed by atoms with Gasteiger partial charge in [-0.3, -0.25) is 9.10 Å². The molecular formula is C18H18F2N2O5S. The highest BCUT2D eigenvalue weighted by Crippen LogP contribution is 2.32. The molecule has 0 saturated carbocycles.